The molecule has 1 saturated heterocycles. The summed E-state index contributed by atoms with van der Waals surface area (Å²) in [5.41, 5.74) is 0. The van der Waals surface area contributed by atoms with Gasteiger partial charge in [0, 0.05) is 18.1 Å². The molecule has 2 heteroatoms. The molecular weight excluding hydrogens is 196 g/mol. The molecule has 0 bridgehead atoms. The van der Waals surface area contributed by atoms with Gasteiger partial charge in [0.05, 0.1) is 0 Å². The lowest BCUT2D eigenvalue weighted by Gasteiger charge is -2.37. The third-order valence-corrected chi connectivity index (χ3v) is 4.81. The zero-order valence-corrected chi connectivity index (χ0v) is 11.2. The molecular formula is C14H28N2. The van der Waals surface area contributed by atoms with Gasteiger partial charge in [-0.1, -0.05) is 12.8 Å². The summed E-state index contributed by atoms with van der Waals surface area (Å²) in [6, 6.07) is 2.26. The van der Waals surface area contributed by atoms with Gasteiger partial charge in [-0.05, 0) is 59.0 Å². The molecule has 1 aliphatic carbocycles. The molecule has 3 atom stereocenters. The van der Waals surface area contributed by atoms with Gasteiger partial charge in [-0.25, -0.2) is 0 Å². The second kappa shape index (κ2) is 5.50. The van der Waals surface area contributed by atoms with Crippen molar-refractivity contribution in [3.63, 3.8) is 0 Å². The summed E-state index contributed by atoms with van der Waals surface area (Å²) in [5, 5.41) is 3.89. The predicted molar refractivity (Wildman–Crippen MR) is 69.7 cm³/mol. The van der Waals surface area contributed by atoms with E-state index in [1.807, 2.05) is 0 Å². The van der Waals surface area contributed by atoms with Crippen molar-refractivity contribution < 1.29 is 0 Å². The molecule has 0 aromatic heterocycles. The van der Waals surface area contributed by atoms with Crippen LogP contribution in [0.5, 0.6) is 0 Å². The summed E-state index contributed by atoms with van der Waals surface area (Å²) in [6.45, 7) is 6.02. The summed E-state index contributed by atoms with van der Waals surface area (Å²) in [6.07, 6.45) is 8.49. The van der Waals surface area contributed by atoms with E-state index in [0.717, 1.165) is 24.0 Å². The highest BCUT2D eigenvalue weighted by Crippen LogP contribution is 2.28. The number of nitrogens with one attached hydrogen (secondary N) is 1. The van der Waals surface area contributed by atoms with E-state index >= 15 is 0 Å². The van der Waals surface area contributed by atoms with Gasteiger partial charge < -0.3 is 10.2 Å². The highest BCUT2D eigenvalue weighted by Gasteiger charge is 2.27. The Balaban J connectivity index is 1.76. The largest absolute Gasteiger partial charge is 0.311 e. The minimum atomic E-state index is 0.739. The lowest BCUT2D eigenvalue weighted by Crippen LogP contribution is -2.49. The fourth-order valence-electron chi connectivity index (χ4n) is 3.41. The Morgan fingerprint density at radius 3 is 2.50 bits per heavy atom. The van der Waals surface area contributed by atoms with Crippen molar-refractivity contribution in [2.45, 2.75) is 70.5 Å². The minimum Gasteiger partial charge on any atom is -0.311 e. The topological polar surface area (TPSA) is 15.3 Å². The second-order valence-electron chi connectivity index (χ2n) is 6.05. The van der Waals surface area contributed by atoms with Crippen molar-refractivity contribution in [1.82, 2.24) is 10.2 Å². The Bertz CT molecular complexity index is 211. The van der Waals surface area contributed by atoms with E-state index < -0.39 is 0 Å². The molecule has 0 spiro atoms. The molecule has 0 amide bonds. The van der Waals surface area contributed by atoms with Gasteiger partial charge in [0.2, 0.25) is 0 Å². The molecule has 94 valence electrons. The summed E-state index contributed by atoms with van der Waals surface area (Å²) in [7, 11) is 2.25. The minimum absolute atomic E-state index is 0.739. The lowest BCUT2D eigenvalue weighted by atomic mass is 9.94. The Hall–Kier alpha value is -0.0800. The van der Waals surface area contributed by atoms with Gasteiger partial charge in [-0.2, -0.15) is 0 Å². The Morgan fingerprint density at radius 2 is 1.88 bits per heavy atom. The third kappa shape index (κ3) is 2.98. The van der Waals surface area contributed by atoms with Crippen LogP contribution in [0.3, 0.4) is 0 Å². The quantitative estimate of drug-likeness (QED) is 0.793. The molecule has 2 nitrogen and oxygen atoms in total. The normalized spacial score (nSPS) is 35.4. The number of hydrogen-bond acceptors (Lipinski definition) is 2. The van der Waals surface area contributed by atoms with E-state index in [-0.39, 0.29) is 0 Å². The van der Waals surface area contributed by atoms with Gasteiger partial charge in [0.1, 0.15) is 0 Å². The zero-order chi connectivity index (χ0) is 11.5. The number of hydrogen-bond donors (Lipinski definition) is 1. The molecule has 2 fully saturated rings. The van der Waals surface area contributed by atoms with E-state index in [0.29, 0.717) is 0 Å². The van der Waals surface area contributed by atoms with E-state index in [1.54, 1.807) is 0 Å². The first-order chi connectivity index (χ1) is 7.66. The molecule has 1 aliphatic heterocycles. The molecule has 0 aromatic rings. The molecule has 16 heavy (non-hydrogen) atoms. The highest BCUT2D eigenvalue weighted by atomic mass is 15.1. The standard InChI is InChI=1S/C14H28N2/c1-11-10-14(8-9-16(11)3)15-12(2)13-6-4-5-7-13/h11-15H,4-10H2,1-3H3. The molecule has 1 N–H and O–H groups in total. The van der Waals surface area contributed by atoms with Crippen molar-refractivity contribution in [1.29, 1.82) is 0 Å². The average Bonchev–Trinajstić information content (AvgIpc) is 2.77. The first-order valence-electron chi connectivity index (χ1n) is 7.13. The highest BCUT2D eigenvalue weighted by molar-refractivity contribution is 4.85. The van der Waals surface area contributed by atoms with Crippen LogP contribution in [0, 0.1) is 5.92 Å². The van der Waals surface area contributed by atoms with Gasteiger partial charge in [-0.15, -0.1) is 0 Å². The van der Waals surface area contributed by atoms with E-state index in [2.05, 4.69) is 31.1 Å². The maximum atomic E-state index is 3.89. The molecule has 0 aromatic carbocycles. The lowest BCUT2D eigenvalue weighted by molar-refractivity contribution is 0.157. The van der Waals surface area contributed by atoms with Crippen LogP contribution in [0.25, 0.3) is 0 Å². The van der Waals surface area contributed by atoms with Crippen LogP contribution in [0.1, 0.15) is 52.4 Å². The SMILES string of the molecule is CC(NC1CCN(C)C(C)C1)C1CCCC1. The van der Waals surface area contributed by atoms with Crippen LogP contribution in [0.15, 0.2) is 0 Å². The van der Waals surface area contributed by atoms with Crippen LogP contribution in [-0.2, 0) is 0 Å². The van der Waals surface area contributed by atoms with Gasteiger partial charge >= 0.3 is 0 Å². The summed E-state index contributed by atoms with van der Waals surface area (Å²) in [4.78, 5) is 2.48. The maximum Gasteiger partial charge on any atom is 0.00966 e. The monoisotopic (exact) mass is 224 g/mol. The van der Waals surface area contributed by atoms with Crippen molar-refractivity contribution in [2.24, 2.45) is 5.92 Å². The predicted octanol–water partition coefficient (Wildman–Crippen LogP) is 2.64. The van der Waals surface area contributed by atoms with Crippen LogP contribution in [0.4, 0.5) is 0 Å². The molecule has 2 rings (SSSR count). The third-order valence-electron chi connectivity index (χ3n) is 4.81. The zero-order valence-electron chi connectivity index (χ0n) is 11.2. The van der Waals surface area contributed by atoms with Gasteiger partial charge in [0.25, 0.3) is 0 Å². The first-order valence-corrected chi connectivity index (χ1v) is 7.13. The van der Waals surface area contributed by atoms with Crippen molar-refractivity contribution in [3.8, 4) is 0 Å². The number of piperidine rings is 1. The molecule has 0 radical (unpaired) electrons. The van der Waals surface area contributed by atoms with Crippen LogP contribution < -0.4 is 5.32 Å². The second-order valence-corrected chi connectivity index (χ2v) is 6.05. The van der Waals surface area contributed by atoms with Crippen LogP contribution in [0.2, 0.25) is 0 Å². The number of likely N-dealkylation sites (tertiary alicyclic amines) is 1. The Morgan fingerprint density at radius 1 is 1.19 bits per heavy atom. The summed E-state index contributed by atoms with van der Waals surface area (Å²) >= 11 is 0. The van der Waals surface area contributed by atoms with Crippen molar-refractivity contribution >= 4 is 0 Å². The summed E-state index contributed by atoms with van der Waals surface area (Å²) in [5.74, 6) is 0.954. The maximum absolute atomic E-state index is 3.89. The van der Waals surface area contributed by atoms with Crippen molar-refractivity contribution in [2.75, 3.05) is 13.6 Å². The smallest absolute Gasteiger partial charge is 0.00966 e. The van der Waals surface area contributed by atoms with E-state index in [1.165, 1.54) is 45.1 Å². The first kappa shape index (κ1) is 12.4. The number of rotatable bonds is 3. The van der Waals surface area contributed by atoms with E-state index in [4.69, 9.17) is 0 Å². The van der Waals surface area contributed by atoms with E-state index in [9.17, 15) is 0 Å². The van der Waals surface area contributed by atoms with Crippen LogP contribution >= 0.6 is 0 Å². The van der Waals surface area contributed by atoms with Crippen molar-refractivity contribution in [3.05, 3.63) is 0 Å². The average molecular weight is 224 g/mol. The number of nitrogens with zero attached hydrogens (tertiary/aromatic N) is 1. The van der Waals surface area contributed by atoms with Gasteiger partial charge in [-0.3, -0.25) is 0 Å². The molecule has 1 heterocycles. The molecule has 3 unspecified atom stereocenters. The Kier molecular flexibility index (Phi) is 4.26. The fourth-order valence-corrected chi connectivity index (χ4v) is 3.41. The Labute approximate surface area is 101 Å². The fraction of sp³-hybridized carbons (Fsp3) is 1.00. The van der Waals surface area contributed by atoms with Gasteiger partial charge in [0.15, 0.2) is 0 Å². The van der Waals surface area contributed by atoms with Crippen LogP contribution in [-0.4, -0.2) is 36.6 Å². The molecule has 1 saturated carbocycles. The molecule has 2 aliphatic rings. The summed E-state index contributed by atoms with van der Waals surface area (Å²) < 4.78 is 0.